The first-order chi connectivity index (χ1) is 11.9. The molecule has 6 heteroatoms. The van der Waals surface area contributed by atoms with Crippen LogP contribution >= 0.6 is 0 Å². The molecule has 0 aliphatic rings. The van der Waals surface area contributed by atoms with Gasteiger partial charge in [0.1, 0.15) is 12.6 Å². The van der Waals surface area contributed by atoms with E-state index in [0.717, 1.165) is 16.8 Å². The van der Waals surface area contributed by atoms with Gasteiger partial charge < -0.3 is 21.1 Å². The van der Waals surface area contributed by atoms with Gasteiger partial charge in [0.15, 0.2) is 0 Å². The van der Waals surface area contributed by atoms with Crippen molar-refractivity contribution in [3.8, 4) is 0 Å². The molecular formula is C19H23N3O3. The molecule has 0 heterocycles. The lowest BCUT2D eigenvalue weighted by Gasteiger charge is -2.17. The summed E-state index contributed by atoms with van der Waals surface area (Å²) in [6.45, 7) is 5.11. The normalized spacial score (nSPS) is 11.5. The van der Waals surface area contributed by atoms with E-state index in [1.54, 1.807) is 31.2 Å². The van der Waals surface area contributed by atoms with E-state index in [1.807, 2.05) is 32.0 Å². The van der Waals surface area contributed by atoms with Crippen LogP contribution < -0.4 is 16.0 Å². The second kappa shape index (κ2) is 8.30. The summed E-state index contributed by atoms with van der Waals surface area (Å²) >= 11 is 0. The van der Waals surface area contributed by atoms with Crippen LogP contribution in [0.5, 0.6) is 0 Å². The molecule has 25 heavy (non-hydrogen) atoms. The Bertz CT molecular complexity index is 774. The van der Waals surface area contributed by atoms with E-state index in [-0.39, 0.29) is 5.91 Å². The molecule has 2 aromatic carbocycles. The first-order valence-corrected chi connectivity index (χ1v) is 8.04. The minimum atomic E-state index is -0.577. The van der Waals surface area contributed by atoms with E-state index in [2.05, 4.69) is 16.0 Å². The van der Waals surface area contributed by atoms with Gasteiger partial charge in [-0.05, 0) is 56.2 Å². The first kappa shape index (κ1) is 18.5. The molecule has 0 radical (unpaired) electrons. The van der Waals surface area contributed by atoms with E-state index in [1.165, 1.54) is 0 Å². The van der Waals surface area contributed by atoms with Crippen molar-refractivity contribution >= 4 is 28.9 Å². The van der Waals surface area contributed by atoms with Crippen molar-refractivity contribution in [2.75, 3.05) is 22.6 Å². The Morgan fingerprint density at radius 1 is 1.04 bits per heavy atom. The van der Waals surface area contributed by atoms with E-state index in [0.29, 0.717) is 11.4 Å². The summed E-state index contributed by atoms with van der Waals surface area (Å²) in [7, 11) is 0. The van der Waals surface area contributed by atoms with Crippen molar-refractivity contribution in [1.29, 1.82) is 0 Å². The highest BCUT2D eigenvalue weighted by atomic mass is 16.3. The van der Waals surface area contributed by atoms with Gasteiger partial charge in [-0.25, -0.2) is 0 Å². The molecule has 2 amide bonds. The van der Waals surface area contributed by atoms with Crippen LogP contribution in [0, 0.1) is 13.8 Å². The maximum Gasteiger partial charge on any atom is 0.250 e. The SMILES string of the molecule is Cc1ccc(C)c(NC(=O)C(C)Nc2cccc(NC(=O)CO)c2)c1. The Kier molecular flexibility index (Phi) is 6.14. The van der Waals surface area contributed by atoms with Crippen LogP contribution in [0.1, 0.15) is 18.1 Å². The number of nitrogens with one attached hydrogen (secondary N) is 3. The topological polar surface area (TPSA) is 90.5 Å². The van der Waals surface area contributed by atoms with Crippen molar-refractivity contribution in [1.82, 2.24) is 0 Å². The fourth-order valence-electron chi connectivity index (χ4n) is 2.31. The van der Waals surface area contributed by atoms with Crippen molar-refractivity contribution < 1.29 is 14.7 Å². The van der Waals surface area contributed by atoms with Gasteiger partial charge in [0.05, 0.1) is 0 Å². The summed E-state index contributed by atoms with van der Waals surface area (Å²) in [6.07, 6.45) is 0. The van der Waals surface area contributed by atoms with Crippen LogP contribution in [0.25, 0.3) is 0 Å². The molecule has 0 aliphatic heterocycles. The van der Waals surface area contributed by atoms with Crippen LogP contribution in [-0.4, -0.2) is 29.6 Å². The second-order valence-electron chi connectivity index (χ2n) is 5.96. The highest BCUT2D eigenvalue weighted by molar-refractivity contribution is 5.97. The van der Waals surface area contributed by atoms with Crippen LogP contribution in [0.3, 0.4) is 0 Å². The molecule has 1 atom stereocenters. The smallest absolute Gasteiger partial charge is 0.250 e. The molecule has 0 aliphatic carbocycles. The van der Waals surface area contributed by atoms with E-state index >= 15 is 0 Å². The standard InChI is InChI=1S/C19H23N3O3/c1-12-7-8-13(2)17(9-12)22-19(25)14(3)20-15-5-4-6-16(10-15)21-18(24)11-23/h4-10,14,20,23H,11H2,1-3H3,(H,21,24)(H,22,25). The third-order valence-corrected chi connectivity index (χ3v) is 3.72. The van der Waals surface area contributed by atoms with Crippen molar-refractivity contribution in [2.45, 2.75) is 26.8 Å². The van der Waals surface area contributed by atoms with Crippen molar-refractivity contribution in [3.63, 3.8) is 0 Å². The Morgan fingerprint density at radius 3 is 2.48 bits per heavy atom. The minimum Gasteiger partial charge on any atom is -0.387 e. The Labute approximate surface area is 147 Å². The van der Waals surface area contributed by atoms with E-state index in [4.69, 9.17) is 5.11 Å². The maximum atomic E-state index is 12.4. The molecule has 132 valence electrons. The lowest BCUT2D eigenvalue weighted by molar-refractivity contribution is -0.119. The Hall–Kier alpha value is -2.86. The number of carbonyl (C=O) groups excluding carboxylic acids is 2. The highest BCUT2D eigenvalue weighted by Crippen LogP contribution is 2.18. The van der Waals surface area contributed by atoms with Gasteiger partial charge in [0.2, 0.25) is 11.8 Å². The van der Waals surface area contributed by atoms with Crippen LogP contribution in [-0.2, 0) is 9.59 Å². The molecule has 0 aromatic heterocycles. The summed E-state index contributed by atoms with van der Waals surface area (Å²) in [5.74, 6) is -0.642. The largest absolute Gasteiger partial charge is 0.387 e. The molecule has 2 rings (SSSR count). The van der Waals surface area contributed by atoms with Gasteiger partial charge in [-0.2, -0.15) is 0 Å². The lowest BCUT2D eigenvalue weighted by atomic mass is 10.1. The van der Waals surface area contributed by atoms with E-state index in [9.17, 15) is 9.59 Å². The summed E-state index contributed by atoms with van der Waals surface area (Å²) in [4.78, 5) is 23.7. The van der Waals surface area contributed by atoms with Gasteiger partial charge in [-0.1, -0.05) is 18.2 Å². The van der Waals surface area contributed by atoms with E-state index < -0.39 is 18.6 Å². The number of amides is 2. The summed E-state index contributed by atoms with van der Waals surface area (Å²) in [5.41, 5.74) is 4.11. The van der Waals surface area contributed by atoms with Gasteiger partial charge in [-0.15, -0.1) is 0 Å². The van der Waals surface area contributed by atoms with Gasteiger partial charge in [-0.3, -0.25) is 9.59 Å². The fourth-order valence-corrected chi connectivity index (χ4v) is 2.31. The third-order valence-electron chi connectivity index (χ3n) is 3.72. The van der Waals surface area contributed by atoms with Gasteiger partial charge in [0, 0.05) is 17.1 Å². The molecule has 2 aromatic rings. The predicted molar refractivity (Wildman–Crippen MR) is 99.8 cm³/mol. The molecule has 1 unspecified atom stereocenters. The number of aryl methyl sites for hydroxylation is 2. The Balaban J connectivity index is 2.02. The summed E-state index contributed by atoms with van der Waals surface area (Å²) in [5, 5.41) is 17.4. The predicted octanol–water partition coefficient (Wildman–Crippen LogP) is 2.67. The first-order valence-electron chi connectivity index (χ1n) is 8.04. The summed E-state index contributed by atoms with van der Waals surface area (Å²) in [6, 6.07) is 12.4. The van der Waals surface area contributed by atoms with Crippen LogP contribution in [0.15, 0.2) is 42.5 Å². The molecule has 0 bridgehead atoms. The Morgan fingerprint density at radius 2 is 1.76 bits per heavy atom. The number of aliphatic hydroxyl groups excluding tert-OH is 1. The van der Waals surface area contributed by atoms with Crippen molar-refractivity contribution in [2.24, 2.45) is 0 Å². The molecule has 0 saturated heterocycles. The van der Waals surface area contributed by atoms with Gasteiger partial charge >= 0.3 is 0 Å². The summed E-state index contributed by atoms with van der Waals surface area (Å²) < 4.78 is 0. The average molecular weight is 341 g/mol. The lowest BCUT2D eigenvalue weighted by Crippen LogP contribution is -2.32. The van der Waals surface area contributed by atoms with Gasteiger partial charge in [0.25, 0.3) is 0 Å². The zero-order valence-electron chi connectivity index (χ0n) is 14.6. The molecule has 0 spiro atoms. The highest BCUT2D eigenvalue weighted by Gasteiger charge is 2.14. The number of aliphatic hydroxyl groups is 1. The number of carbonyl (C=O) groups is 2. The monoisotopic (exact) mass is 341 g/mol. The second-order valence-corrected chi connectivity index (χ2v) is 5.96. The maximum absolute atomic E-state index is 12.4. The minimum absolute atomic E-state index is 0.154. The molecule has 0 saturated carbocycles. The number of benzene rings is 2. The molecular weight excluding hydrogens is 318 g/mol. The molecule has 0 fully saturated rings. The quantitative estimate of drug-likeness (QED) is 0.650. The fraction of sp³-hybridized carbons (Fsp3) is 0.263. The zero-order chi connectivity index (χ0) is 18.4. The zero-order valence-corrected chi connectivity index (χ0v) is 14.6. The number of hydrogen-bond donors (Lipinski definition) is 4. The van der Waals surface area contributed by atoms with Crippen molar-refractivity contribution in [3.05, 3.63) is 53.6 Å². The van der Waals surface area contributed by atoms with Crippen LogP contribution in [0.2, 0.25) is 0 Å². The number of rotatable bonds is 6. The molecule has 6 nitrogen and oxygen atoms in total. The average Bonchev–Trinajstić information content (AvgIpc) is 2.58. The van der Waals surface area contributed by atoms with Crippen LogP contribution in [0.4, 0.5) is 17.1 Å². The number of hydrogen-bond acceptors (Lipinski definition) is 4. The number of anilines is 3. The third kappa shape index (κ3) is 5.32. The molecule has 4 N–H and O–H groups in total.